The fraction of sp³-hybridized carbons (Fsp3) is 0.174. The molecule has 2 N–H and O–H groups in total. The molecule has 4 aromatic rings. The van der Waals surface area contributed by atoms with Crippen molar-refractivity contribution >= 4 is 27.7 Å². The van der Waals surface area contributed by atoms with Crippen LogP contribution in [0.5, 0.6) is 0 Å². The highest BCUT2D eigenvalue weighted by atomic mass is 19.4. The molecule has 0 aliphatic rings. The third-order valence-corrected chi connectivity index (χ3v) is 5.18. The monoisotopic (exact) mass is 412 g/mol. The van der Waals surface area contributed by atoms with Crippen LogP contribution in [0, 0.1) is 0 Å². The number of benzene rings is 3. The van der Waals surface area contributed by atoms with Gasteiger partial charge in [0.05, 0.1) is 17.7 Å². The Hall–Kier alpha value is -3.32. The average molecular weight is 412 g/mol. The summed E-state index contributed by atoms with van der Waals surface area (Å²) in [5, 5.41) is 1.39. The van der Waals surface area contributed by atoms with Crippen molar-refractivity contribution in [2.24, 2.45) is 5.73 Å². The van der Waals surface area contributed by atoms with E-state index in [4.69, 9.17) is 10.5 Å². The van der Waals surface area contributed by atoms with Gasteiger partial charge < -0.3 is 15.0 Å². The van der Waals surface area contributed by atoms with E-state index in [9.17, 15) is 18.0 Å². The number of aromatic nitrogens is 1. The fourth-order valence-corrected chi connectivity index (χ4v) is 3.93. The highest BCUT2D eigenvalue weighted by Gasteiger charge is 2.33. The van der Waals surface area contributed by atoms with Crippen LogP contribution in [0.4, 0.5) is 13.2 Å². The number of ether oxygens (including phenoxy) is 1. The number of methoxy groups -OCH3 is 1. The molecule has 7 heteroatoms. The summed E-state index contributed by atoms with van der Waals surface area (Å²) in [7, 11) is 1.57. The number of nitrogens with two attached hydrogens (primary N) is 1. The zero-order chi connectivity index (χ0) is 21.5. The van der Waals surface area contributed by atoms with Gasteiger partial charge in [-0.2, -0.15) is 13.2 Å². The number of rotatable bonds is 5. The summed E-state index contributed by atoms with van der Waals surface area (Å²) in [5.41, 5.74) is 7.60. The van der Waals surface area contributed by atoms with Crippen molar-refractivity contribution in [3.05, 3.63) is 82.9 Å². The van der Waals surface area contributed by atoms with Gasteiger partial charge in [-0.1, -0.05) is 36.4 Å². The Morgan fingerprint density at radius 2 is 1.80 bits per heavy atom. The number of halogens is 3. The summed E-state index contributed by atoms with van der Waals surface area (Å²) >= 11 is 0. The van der Waals surface area contributed by atoms with E-state index in [0.717, 1.165) is 17.0 Å². The Morgan fingerprint density at radius 1 is 1.03 bits per heavy atom. The maximum Gasteiger partial charge on any atom is 0.416 e. The Morgan fingerprint density at radius 3 is 2.50 bits per heavy atom. The van der Waals surface area contributed by atoms with Gasteiger partial charge in [-0.15, -0.1) is 0 Å². The number of nitrogens with zero attached hydrogens (tertiary/aromatic N) is 1. The van der Waals surface area contributed by atoms with Crippen LogP contribution in [0.2, 0.25) is 0 Å². The first-order valence-electron chi connectivity index (χ1n) is 9.29. The van der Waals surface area contributed by atoms with E-state index in [2.05, 4.69) is 0 Å². The molecule has 0 aliphatic heterocycles. The molecular weight excluding hydrogens is 393 g/mol. The number of hydrogen-bond acceptors (Lipinski definition) is 2. The molecule has 0 spiro atoms. The predicted octanol–water partition coefficient (Wildman–Crippen LogP) is 5.11. The smallest absolute Gasteiger partial charge is 0.380 e. The molecule has 4 nitrogen and oxygen atoms in total. The maximum absolute atomic E-state index is 13.6. The number of hydrogen-bond donors (Lipinski definition) is 1. The maximum atomic E-state index is 13.6. The minimum atomic E-state index is -4.46. The van der Waals surface area contributed by atoms with Gasteiger partial charge in [-0.3, -0.25) is 4.79 Å². The second-order valence-electron chi connectivity index (χ2n) is 7.09. The number of primary amides is 1. The highest BCUT2D eigenvalue weighted by molar-refractivity contribution is 6.18. The van der Waals surface area contributed by atoms with Gasteiger partial charge in [0.1, 0.15) is 0 Å². The zero-order valence-corrected chi connectivity index (χ0v) is 16.2. The third-order valence-electron chi connectivity index (χ3n) is 5.18. The summed E-state index contributed by atoms with van der Waals surface area (Å²) < 4.78 is 47.7. The lowest BCUT2D eigenvalue weighted by Gasteiger charge is -2.15. The molecule has 3 aromatic carbocycles. The largest absolute Gasteiger partial charge is 0.416 e. The van der Waals surface area contributed by atoms with Crippen molar-refractivity contribution < 1.29 is 22.7 Å². The van der Waals surface area contributed by atoms with Crippen LogP contribution in [0.15, 0.2) is 60.7 Å². The quantitative estimate of drug-likeness (QED) is 0.495. The number of amides is 1. The first-order valence-corrected chi connectivity index (χ1v) is 9.29. The van der Waals surface area contributed by atoms with Crippen LogP contribution in [0.3, 0.4) is 0 Å². The normalized spacial score (nSPS) is 12.0. The van der Waals surface area contributed by atoms with Crippen LogP contribution in [-0.4, -0.2) is 17.6 Å². The van der Waals surface area contributed by atoms with Gasteiger partial charge >= 0.3 is 6.18 Å². The van der Waals surface area contributed by atoms with Gasteiger partial charge in [0.15, 0.2) is 0 Å². The van der Waals surface area contributed by atoms with Crippen molar-refractivity contribution in [2.45, 2.75) is 19.3 Å². The van der Waals surface area contributed by atoms with Crippen LogP contribution in [0.25, 0.3) is 21.8 Å². The lowest BCUT2D eigenvalue weighted by molar-refractivity contribution is -0.138. The molecule has 0 saturated carbocycles. The average Bonchev–Trinajstić information content (AvgIpc) is 3.01. The van der Waals surface area contributed by atoms with E-state index >= 15 is 0 Å². The highest BCUT2D eigenvalue weighted by Crippen LogP contribution is 2.36. The molecular formula is C23H19F3N2O2. The van der Waals surface area contributed by atoms with Gasteiger partial charge in [-0.05, 0) is 35.4 Å². The van der Waals surface area contributed by atoms with Crippen molar-refractivity contribution in [2.75, 3.05) is 7.11 Å². The topological polar surface area (TPSA) is 57.2 Å². The molecule has 4 rings (SSSR count). The fourth-order valence-electron chi connectivity index (χ4n) is 3.93. The van der Waals surface area contributed by atoms with Gasteiger partial charge in [0.25, 0.3) is 0 Å². The number of carbonyl (C=O) groups is 1. The Kier molecular flexibility index (Phi) is 4.99. The van der Waals surface area contributed by atoms with Crippen molar-refractivity contribution in [1.82, 2.24) is 4.57 Å². The van der Waals surface area contributed by atoms with Gasteiger partial charge in [-0.25, -0.2) is 0 Å². The van der Waals surface area contributed by atoms with Gasteiger partial charge in [0, 0.05) is 35.5 Å². The summed E-state index contributed by atoms with van der Waals surface area (Å²) in [6.07, 6.45) is -4.46. The number of fused-ring (bicyclic) bond motifs is 3. The molecule has 0 unspecified atom stereocenters. The van der Waals surface area contributed by atoms with E-state index in [1.165, 1.54) is 12.1 Å². The molecule has 0 saturated heterocycles. The number of alkyl halides is 3. The molecule has 1 amide bonds. The summed E-state index contributed by atoms with van der Waals surface area (Å²) in [6.45, 7) is 0.355. The summed E-state index contributed by atoms with van der Waals surface area (Å²) in [4.78, 5) is 12.0. The van der Waals surface area contributed by atoms with Crippen LogP contribution in [-0.2, 0) is 24.1 Å². The van der Waals surface area contributed by atoms with Crippen LogP contribution < -0.4 is 5.73 Å². The molecule has 0 radical (unpaired) electrons. The third kappa shape index (κ3) is 3.41. The summed E-state index contributed by atoms with van der Waals surface area (Å²) in [6, 6.07) is 16.2. The first-order chi connectivity index (χ1) is 14.3. The molecule has 1 heterocycles. The molecule has 0 aliphatic carbocycles. The van der Waals surface area contributed by atoms with Crippen molar-refractivity contribution in [3.8, 4) is 0 Å². The second kappa shape index (κ2) is 7.50. The minimum Gasteiger partial charge on any atom is -0.380 e. The number of carbonyl (C=O) groups excluding carboxylic acids is 1. The molecule has 0 bridgehead atoms. The lowest BCUT2D eigenvalue weighted by atomic mass is 10.0. The zero-order valence-electron chi connectivity index (χ0n) is 16.2. The second-order valence-corrected chi connectivity index (χ2v) is 7.09. The minimum absolute atomic E-state index is 0.00562. The standard InChI is InChI=1S/C23H19F3N2O2/c1-30-13-14-9-10-16-20(11-14)28(19-8-4-6-17(21(16)19)22(27)29)12-15-5-2-3-7-18(15)23(24,25)26/h2-11H,12-13H2,1H3,(H2,27,29). The Balaban J connectivity index is 2.02. The summed E-state index contributed by atoms with van der Waals surface area (Å²) in [5.74, 6) is -0.587. The Labute approximate surface area is 170 Å². The molecule has 30 heavy (non-hydrogen) atoms. The van der Waals surface area contributed by atoms with E-state index in [1.807, 2.05) is 18.2 Å². The van der Waals surface area contributed by atoms with Crippen LogP contribution in [0.1, 0.15) is 27.0 Å². The van der Waals surface area contributed by atoms with Gasteiger partial charge in [0.2, 0.25) is 5.91 Å². The molecule has 1 aromatic heterocycles. The van der Waals surface area contributed by atoms with Crippen molar-refractivity contribution in [3.63, 3.8) is 0 Å². The molecule has 0 fully saturated rings. The van der Waals surface area contributed by atoms with E-state index in [0.29, 0.717) is 28.6 Å². The van der Waals surface area contributed by atoms with Crippen LogP contribution >= 0.6 is 0 Å². The van der Waals surface area contributed by atoms with Crippen molar-refractivity contribution in [1.29, 1.82) is 0 Å². The Bertz CT molecular complexity index is 1260. The predicted molar refractivity (Wildman–Crippen MR) is 109 cm³/mol. The molecule has 154 valence electrons. The first kappa shape index (κ1) is 20.0. The van der Waals surface area contributed by atoms with E-state index in [1.54, 1.807) is 35.9 Å². The SMILES string of the molecule is COCc1ccc2c3c(C(N)=O)cccc3n(Cc3ccccc3C(F)(F)F)c2c1. The van der Waals surface area contributed by atoms with E-state index in [-0.39, 0.29) is 12.1 Å². The molecule has 0 atom stereocenters. The van der Waals surface area contributed by atoms with E-state index < -0.39 is 17.6 Å². The lowest BCUT2D eigenvalue weighted by Crippen LogP contribution is -2.12.